The fourth-order valence-corrected chi connectivity index (χ4v) is 2.80. The zero-order valence-electron chi connectivity index (χ0n) is 24.4. The third-order valence-corrected chi connectivity index (χ3v) is 4.39. The molecule has 4 rings (SSSR count). The van der Waals surface area contributed by atoms with Crippen LogP contribution >= 0.6 is 0 Å². The number of methoxy groups -OCH3 is 1. The van der Waals surface area contributed by atoms with Gasteiger partial charge in [-0.05, 0) is 24.3 Å². The Labute approximate surface area is 227 Å². The van der Waals surface area contributed by atoms with E-state index < -0.39 is 37.5 Å². The van der Waals surface area contributed by atoms with Gasteiger partial charge in [-0.1, -0.05) is 19.6 Å². The van der Waals surface area contributed by atoms with Crippen molar-refractivity contribution < 1.29 is 60.8 Å². The maximum atomic E-state index is 14.0. The van der Waals surface area contributed by atoms with Crippen LogP contribution in [0.15, 0.2) is 61.2 Å². The van der Waals surface area contributed by atoms with E-state index in [4.69, 9.17) is 13.3 Å². The molecule has 0 radical (unpaired) electrons. The van der Waals surface area contributed by atoms with Gasteiger partial charge < -0.3 is 15.3 Å². The summed E-state index contributed by atoms with van der Waals surface area (Å²) in [5.41, 5.74) is 0.746. The standard InChI is InChI=1S/C12H11FN2O2.C11H9FN2O2.CH4.Li.H2O/c1-15-7-9(6-14-15)10-4-3-8(5-11(10)13)12(16)17-2;1-14-6-8(5-13-14)9-3-2-7(11(15)16)4-10(9)12;;;/h3-7H,1-2H3;2-6H,1H3,(H,15,16);1H4;;1H2/q;;;+1;/p-1/i2*1D3;;;. The molecule has 0 aliphatic heterocycles. The summed E-state index contributed by atoms with van der Waals surface area (Å²) in [4.78, 5) is 21.9. The molecular weight excluding hydrogens is 469 g/mol. The van der Waals surface area contributed by atoms with Crippen molar-refractivity contribution in [3.8, 4) is 22.3 Å². The molecular formula is C24H25F2LiN4O5. The van der Waals surface area contributed by atoms with Crippen LogP contribution in [0.5, 0.6) is 0 Å². The number of esters is 1. The van der Waals surface area contributed by atoms with Crippen LogP contribution in [0.3, 0.4) is 0 Å². The van der Waals surface area contributed by atoms with Crippen LogP contribution < -0.4 is 18.9 Å². The molecule has 12 heteroatoms. The van der Waals surface area contributed by atoms with Gasteiger partial charge in [-0.15, -0.1) is 0 Å². The van der Waals surface area contributed by atoms with Gasteiger partial charge in [0.1, 0.15) is 11.6 Å². The minimum Gasteiger partial charge on any atom is -0.870 e. The minimum absolute atomic E-state index is 0. The van der Waals surface area contributed by atoms with Gasteiger partial charge in [0.25, 0.3) is 0 Å². The Bertz CT molecular complexity index is 1530. The molecule has 186 valence electrons. The van der Waals surface area contributed by atoms with E-state index in [9.17, 15) is 18.4 Å². The van der Waals surface area contributed by atoms with Crippen molar-refractivity contribution in [2.75, 3.05) is 7.11 Å². The van der Waals surface area contributed by atoms with Crippen molar-refractivity contribution in [2.24, 2.45) is 14.0 Å². The number of aromatic carboxylic acids is 1. The molecule has 0 spiro atoms. The molecule has 2 aromatic carbocycles. The molecule has 0 saturated heterocycles. The Morgan fingerprint density at radius 1 is 0.917 bits per heavy atom. The average molecular weight is 500 g/mol. The molecule has 0 amide bonds. The van der Waals surface area contributed by atoms with Crippen LogP contribution in [0.1, 0.15) is 36.4 Å². The molecule has 0 unspecified atom stereocenters. The zero-order valence-corrected chi connectivity index (χ0v) is 18.4. The van der Waals surface area contributed by atoms with Crippen LogP contribution in [-0.2, 0) is 18.7 Å². The largest absolute Gasteiger partial charge is 1.00 e. The Balaban J connectivity index is 0.000000748. The van der Waals surface area contributed by atoms with Gasteiger partial charge in [0.2, 0.25) is 0 Å². The normalized spacial score (nSPS) is 12.6. The van der Waals surface area contributed by atoms with Gasteiger partial charge in [0, 0.05) is 56.8 Å². The van der Waals surface area contributed by atoms with E-state index in [0.29, 0.717) is 5.56 Å². The Morgan fingerprint density at radius 2 is 1.36 bits per heavy atom. The van der Waals surface area contributed by atoms with Crippen LogP contribution in [0.25, 0.3) is 22.3 Å². The second kappa shape index (κ2) is 13.9. The van der Waals surface area contributed by atoms with Gasteiger partial charge >= 0.3 is 30.8 Å². The number of hydrogen-bond acceptors (Lipinski definition) is 6. The number of carboxylic acid groups (broad SMARTS) is 1. The number of benzene rings is 2. The number of carboxylic acids is 1. The summed E-state index contributed by atoms with van der Waals surface area (Å²) >= 11 is 0. The maximum Gasteiger partial charge on any atom is 1.00 e. The van der Waals surface area contributed by atoms with Crippen molar-refractivity contribution in [3.63, 3.8) is 0 Å². The summed E-state index contributed by atoms with van der Waals surface area (Å²) in [7, 11) is 1.20. The van der Waals surface area contributed by atoms with E-state index in [0.717, 1.165) is 21.5 Å². The average Bonchev–Trinajstić information content (AvgIpc) is 3.54. The molecule has 2 aromatic heterocycles. The van der Waals surface area contributed by atoms with Crippen LogP contribution in [-0.4, -0.2) is 49.2 Å². The fourth-order valence-electron chi connectivity index (χ4n) is 2.80. The Kier molecular flexibility index (Phi) is 8.78. The molecule has 0 aliphatic rings. The molecule has 0 saturated carbocycles. The van der Waals surface area contributed by atoms with E-state index in [2.05, 4.69) is 14.9 Å². The quantitative estimate of drug-likeness (QED) is 0.331. The number of aromatic nitrogens is 4. The van der Waals surface area contributed by atoms with Crippen molar-refractivity contribution in [1.29, 1.82) is 0 Å². The number of ether oxygens (including phenoxy) is 1. The summed E-state index contributed by atoms with van der Waals surface area (Å²) in [6.07, 6.45) is 4.88. The van der Waals surface area contributed by atoms with Crippen LogP contribution in [0.2, 0.25) is 0 Å². The number of carbonyl (C=O) groups excluding carboxylic acids is 1. The first-order valence-corrected chi connectivity index (χ1v) is 9.13. The predicted octanol–water partition coefficient (Wildman–Crippen LogP) is 1.40. The van der Waals surface area contributed by atoms with Crippen molar-refractivity contribution in [1.82, 2.24) is 19.6 Å². The summed E-state index contributed by atoms with van der Waals surface area (Å²) in [6.45, 7) is -4.85. The van der Waals surface area contributed by atoms with Gasteiger partial charge in [-0.2, -0.15) is 10.2 Å². The molecule has 0 bridgehead atoms. The summed E-state index contributed by atoms with van der Waals surface area (Å²) in [6, 6.07) is 7.21. The van der Waals surface area contributed by atoms with Crippen LogP contribution in [0, 0.1) is 11.6 Å². The zero-order chi connectivity index (χ0) is 29.1. The number of rotatable bonds is 4. The smallest absolute Gasteiger partial charge is 0.870 e. The molecule has 4 aromatic rings. The van der Waals surface area contributed by atoms with E-state index in [1.165, 1.54) is 56.2 Å². The van der Waals surface area contributed by atoms with E-state index in [1.54, 1.807) is 0 Å². The van der Waals surface area contributed by atoms with E-state index in [-0.39, 0.29) is 59.6 Å². The number of carbonyl (C=O) groups is 2. The second-order valence-corrected chi connectivity index (χ2v) is 6.53. The number of halogens is 2. The monoisotopic (exact) mass is 500 g/mol. The van der Waals surface area contributed by atoms with Crippen LogP contribution in [0.4, 0.5) is 8.78 Å². The fraction of sp³-hybridized carbons (Fsp3) is 0.167. The summed E-state index contributed by atoms with van der Waals surface area (Å²) in [5, 5.41) is 16.0. The van der Waals surface area contributed by atoms with Crippen molar-refractivity contribution >= 4 is 11.9 Å². The first kappa shape index (κ1) is 22.7. The number of nitrogens with zero attached hydrogens (tertiary/aromatic N) is 4. The van der Waals surface area contributed by atoms with Gasteiger partial charge in [-0.3, -0.25) is 9.36 Å². The first-order chi connectivity index (χ1) is 18.1. The number of hydrogen-bond donors (Lipinski definition) is 1. The molecule has 2 N–H and O–H groups in total. The SMILES string of the molecule is C.[2H]C([2H])([2H])n1cc(-c2ccc(C(=O)O)cc2F)cn1.[2H]C([2H])([2H])n1cc(-c2ccc(C(=O)OC)cc2F)cn1.[Li+].[OH-]. The van der Waals surface area contributed by atoms with Gasteiger partial charge in [0.05, 0.1) is 30.6 Å². The summed E-state index contributed by atoms with van der Waals surface area (Å²) in [5.74, 6) is -3.28. The third kappa shape index (κ3) is 7.61. The number of aryl methyl sites for hydroxylation is 2. The molecule has 2 heterocycles. The maximum absolute atomic E-state index is 14.0. The summed E-state index contributed by atoms with van der Waals surface area (Å²) < 4.78 is 76.8. The first-order valence-electron chi connectivity index (χ1n) is 12.1. The topological polar surface area (TPSA) is 129 Å². The third-order valence-electron chi connectivity index (χ3n) is 4.39. The Hall–Kier alpha value is -3.78. The minimum atomic E-state index is -2.43. The molecule has 0 atom stereocenters. The van der Waals surface area contributed by atoms with E-state index in [1.807, 2.05) is 0 Å². The van der Waals surface area contributed by atoms with Gasteiger partial charge in [-0.25, -0.2) is 18.4 Å². The second-order valence-electron chi connectivity index (χ2n) is 6.53. The molecule has 0 aliphatic carbocycles. The molecule has 0 fully saturated rings. The predicted molar refractivity (Wildman–Crippen MR) is 124 cm³/mol. The van der Waals surface area contributed by atoms with Gasteiger partial charge in [0.15, 0.2) is 0 Å². The van der Waals surface area contributed by atoms with E-state index >= 15 is 0 Å². The van der Waals surface area contributed by atoms with Crippen molar-refractivity contribution in [2.45, 2.75) is 7.43 Å². The van der Waals surface area contributed by atoms with Crippen molar-refractivity contribution in [3.05, 3.63) is 83.9 Å². The Morgan fingerprint density at radius 3 is 1.72 bits per heavy atom. The molecule has 36 heavy (non-hydrogen) atoms. The molecule has 9 nitrogen and oxygen atoms in total.